The van der Waals surface area contributed by atoms with Crippen molar-refractivity contribution in [3.8, 4) is 0 Å². The van der Waals surface area contributed by atoms with E-state index in [1.54, 1.807) is 0 Å². The number of nitrogens with zero attached hydrogens (tertiary/aromatic N) is 1. The summed E-state index contributed by atoms with van der Waals surface area (Å²) in [7, 11) is 0. The molecule has 1 heterocycles. The van der Waals surface area contributed by atoms with Crippen LogP contribution in [0.3, 0.4) is 0 Å². The van der Waals surface area contributed by atoms with E-state index in [4.69, 9.17) is 9.84 Å². The van der Waals surface area contributed by atoms with Crippen molar-refractivity contribution in [2.24, 2.45) is 4.99 Å². The van der Waals surface area contributed by atoms with Crippen LogP contribution in [0.25, 0.3) is 0 Å². The minimum absolute atomic E-state index is 0.395. The first kappa shape index (κ1) is 16.3. The molecule has 0 fully saturated rings. The van der Waals surface area contributed by atoms with E-state index in [0.717, 1.165) is 33.5 Å². The number of amides is 1. The maximum Gasteiger partial charge on any atom is 0.410 e. The Morgan fingerprint density at radius 2 is 2.38 bits per heavy atom. The molecule has 0 aromatic heterocycles. The minimum Gasteiger partial charge on any atom is -0.465 e. The number of ether oxygens (including phenoxy) is 1. The number of thioether (sulfide) groups is 1. The number of benzene rings is 1. The van der Waals surface area contributed by atoms with Gasteiger partial charge in [0.15, 0.2) is 5.17 Å². The van der Waals surface area contributed by atoms with Crippen molar-refractivity contribution >= 4 is 44.6 Å². The summed E-state index contributed by atoms with van der Waals surface area (Å²) < 4.78 is 6.48. The van der Waals surface area contributed by atoms with Gasteiger partial charge in [0, 0.05) is 4.47 Å². The summed E-state index contributed by atoms with van der Waals surface area (Å²) in [6, 6.07) is 2.03. The largest absolute Gasteiger partial charge is 0.465 e. The third-order valence-corrected chi connectivity index (χ3v) is 4.98. The molecule has 1 aromatic carbocycles. The number of aliphatic imine (C=N–C) groups is 1. The molecular weight excluding hydrogens is 356 g/mol. The zero-order chi connectivity index (χ0) is 15.4. The van der Waals surface area contributed by atoms with Gasteiger partial charge in [-0.2, -0.15) is 0 Å². The average molecular weight is 373 g/mol. The van der Waals surface area contributed by atoms with Crippen molar-refractivity contribution in [2.75, 3.05) is 12.4 Å². The first-order valence-corrected chi connectivity index (χ1v) is 8.40. The number of carbonyl (C=O) groups is 1. The fraction of sp³-hybridized carbons (Fsp3) is 0.429. The molecule has 21 heavy (non-hydrogen) atoms. The van der Waals surface area contributed by atoms with Crippen LogP contribution < -0.4 is 5.32 Å². The van der Waals surface area contributed by atoms with E-state index < -0.39 is 6.09 Å². The van der Waals surface area contributed by atoms with Gasteiger partial charge in [-0.05, 0) is 41.9 Å². The molecule has 2 N–H and O–H groups in total. The Morgan fingerprint density at radius 1 is 1.62 bits per heavy atom. The molecule has 1 aliphatic heterocycles. The summed E-state index contributed by atoms with van der Waals surface area (Å²) in [5.74, 6) is 0.748. The van der Waals surface area contributed by atoms with Gasteiger partial charge in [-0.3, -0.25) is 5.32 Å². The maximum absolute atomic E-state index is 10.8. The summed E-state index contributed by atoms with van der Waals surface area (Å²) in [5.41, 5.74) is 4.13. The summed E-state index contributed by atoms with van der Waals surface area (Å²) in [5, 5.41) is 11.6. The quantitative estimate of drug-likeness (QED) is 0.611. The first-order valence-electron chi connectivity index (χ1n) is 6.63. The molecule has 2 rings (SSSR count). The number of halogens is 1. The second-order valence-electron chi connectivity index (χ2n) is 4.56. The SMILES string of the molecule is CCSC(=Nc1cc2c(c(Br)c1C)COCC2)NC(=O)O. The number of amidine groups is 1. The topological polar surface area (TPSA) is 70.9 Å². The molecule has 0 aliphatic carbocycles. The van der Waals surface area contributed by atoms with E-state index >= 15 is 0 Å². The Morgan fingerprint density at radius 3 is 3.05 bits per heavy atom. The van der Waals surface area contributed by atoms with Gasteiger partial charge in [0.25, 0.3) is 0 Å². The molecule has 0 saturated carbocycles. The fourth-order valence-electron chi connectivity index (χ4n) is 2.13. The van der Waals surface area contributed by atoms with Crippen LogP contribution in [0.4, 0.5) is 10.5 Å². The van der Waals surface area contributed by atoms with Gasteiger partial charge in [-0.25, -0.2) is 9.79 Å². The van der Waals surface area contributed by atoms with Crippen molar-refractivity contribution in [3.63, 3.8) is 0 Å². The van der Waals surface area contributed by atoms with Crippen molar-refractivity contribution < 1.29 is 14.6 Å². The Kier molecular flexibility index (Phi) is 5.66. The van der Waals surface area contributed by atoms with Gasteiger partial charge in [-0.1, -0.05) is 34.6 Å². The molecule has 0 atom stereocenters. The van der Waals surface area contributed by atoms with Gasteiger partial charge in [0.2, 0.25) is 0 Å². The Balaban J connectivity index is 2.42. The van der Waals surface area contributed by atoms with E-state index in [-0.39, 0.29) is 0 Å². The van der Waals surface area contributed by atoms with E-state index in [2.05, 4.69) is 26.2 Å². The lowest BCUT2D eigenvalue weighted by atomic mass is 9.99. The molecule has 1 amide bonds. The summed E-state index contributed by atoms with van der Waals surface area (Å²) in [6.07, 6.45) is -0.253. The number of rotatable bonds is 2. The molecule has 1 aromatic rings. The van der Waals surface area contributed by atoms with E-state index in [1.807, 2.05) is 19.9 Å². The number of carboxylic acid groups (broad SMARTS) is 1. The second kappa shape index (κ2) is 7.29. The van der Waals surface area contributed by atoms with Gasteiger partial charge in [0.05, 0.1) is 18.9 Å². The molecule has 114 valence electrons. The normalized spacial score (nSPS) is 14.7. The fourth-order valence-corrected chi connectivity index (χ4v) is 3.29. The van der Waals surface area contributed by atoms with Gasteiger partial charge >= 0.3 is 6.09 Å². The van der Waals surface area contributed by atoms with Crippen LogP contribution in [0, 0.1) is 6.92 Å². The van der Waals surface area contributed by atoms with Gasteiger partial charge in [0.1, 0.15) is 0 Å². The molecule has 0 radical (unpaired) electrons. The van der Waals surface area contributed by atoms with Crippen LogP contribution in [0.1, 0.15) is 23.6 Å². The zero-order valence-electron chi connectivity index (χ0n) is 11.9. The monoisotopic (exact) mass is 372 g/mol. The first-order chi connectivity index (χ1) is 10.0. The number of fused-ring (bicyclic) bond motifs is 1. The van der Waals surface area contributed by atoms with Gasteiger partial charge < -0.3 is 9.84 Å². The molecule has 0 bridgehead atoms. The molecule has 0 spiro atoms. The Hall–Kier alpha value is -1.05. The van der Waals surface area contributed by atoms with Crippen LogP contribution in [0.5, 0.6) is 0 Å². The van der Waals surface area contributed by atoms with Crippen molar-refractivity contribution in [2.45, 2.75) is 26.9 Å². The molecule has 1 aliphatic rings. The van der Waals surface area contributed by atoms with Crippen LogP contribution >= 0.6 is 27.7 Å². The highest BCUT2D eigenvalue weighted by Crippen LogP contribution is 2.35. The maximum atomic E-state index is 10.8. The lowest BCUT2D eigenvalue weighted by Crippen LogP contribution is -2.26. The smallest absolute Gasteiger partial charge is 0.410 e. The molecule has 0 unspecified atom stereocenters. The minimum atomic E-state index is -1.10. The number of hydrogen-bond donors (Lipinski definition) is 2. The highest BCUT2D eigenvalue weighted by atomic mass is 79.9. The Bertz CT molecular complexity index is 590. The predicted molar refractivity (Wildman–Crippen MR) is 88.6 cm³/mol. The highest BCUT2D eigenvalue weighted by Gasteiger charge is 2.17. The Labute approximate surface area is 136 Å². The lowest BCUT2D eigenvalue weighted by Gasteiger charge is -2.20. The second-order valence-corrected chi connectivity index (χ2v) is 6.60. The highest BCUT2D eigenvalue weighted by molar-refractivity contribution is 9.10. The third kappa shape index (κ3) is 3.99. The van der Waals surface area contributed by atoms with E-state index in [0.29, 0.717) is 18.4 Å². The predicted octanol–water partition coefficient (Wildman–Crippen LogP) is 3.84. The van der Waals surface area contributed by atoms with Crippen molar-refractivity contribution in [3.05, 3.63) is 27.2 Å². The van der Waals surface area contributed by atoms with E-state index in [1.165, 1.54) is 17.3 Å². The third-order valence-electron chi connectivity index (χ3n) is 3.16. The molecular formula is C14H17BrN2O3S. The molecule has 7 heteroatoms. The van der Waals surface area contributed by atoms with E-state index in [9.17, 15) is 4.79 Å². The zero-order valence-corrected chi connectivity index (χ0v) is 14.3. The van der Waals surface area contributed by atoms with Crippen LogP contribution in [0.15, 0.2) is 15.5 Å². The average Bonchev–Trinajstić information content (AvgIpc) is 2.44. The van der Waals surface area contributed by atoms with Crippen molar-refractivity contribution in [1.29, 1.82) is 0 Å². The number of hydrogen-bond acceptors (Lipinski definition) is 4. The van der Waals surface area contributed by atoms with Crippen LogP contribution in [0.2, 0.25) is 0 Å². The van der Waals surface area contributed by atoms with Crippen molar-refractivity contribution in [1.82, 2.24) is 5.32 Å². The summed E-state index contributed by atoms with van der Waals surface area (Å²) in [6.45, 7) is 5.23. The van der Waals surface area contributed by atoms with Gasteiger partial charge in [-0.15, -0.1) is 0 Å². The van der Waals surface area contributed by atoms with Crippen LogP contribution in [-0.4, -0.2) is 28.7 Å². The van der Waals surface area contributed by atoms with Crippen LogP contribution in [-0.2, 0) is 17.8 Å². The molecule has 0 saturated heterocycles. The standard InChI is InChI=1S/C14H17BrN2O3S/c1-3-21-13(17-14(18)19)16-11-6-9-4-5-20-7-10(9)12(15)8(11)2/h6H,3-5,7H2,1-2H3,(H,16,17)(H,18,19). The molecule has 5 nitrogen and oxygen atoms in total. The summed E-state index contributed by atoms with van der Waals surface area (Å²) in [4.78, 5) is 15.3. The lowest BCUT2D eigenvalue weighted by molar-refractivity contribution is 0.110. The summed E-state index contributed by atoms with van der Waals surface area (Å²) >= 11 is 4.97. The number of nitrogens with one attached hydrogen (secondary N) is 1.